The van der Waals surface area contributed by atoms with E-state index in [2.05, 4.69) is 71.3 Å². The Kier molecular flexibility index (Phi) is 8.43. The first-order chi connectivity index (χ1) is 16.2. The molecule has 2 heterocycles. The molecule has 8 nitrogen and oxygen atoms in total. The Bertz CT molecular complexity index is 1060. The van der Waals surface area contributed by atoms with Crippen LogP contribution in [0.2, 0.25) is 0 Å². The lowest BCUT2D eigenvalue weighted by molar-refractivity contribution is -0.159. The van der Waals surface area contributed by atoms with E-state index in [1.54, 1.807) is 4.90 Å². The first-order valence-corrected chi connectivity index (χ1v) is 11.3. The lowest BCUT2D eigenvalue weighted by Crippen LogP contribution is -2.46. The normalized spacial score (nSPS) is 16.1. The summed E-state index contributed by atoms with van der Waals surface area (Å²) in [6.45, 7) is 7.48. The second-order valence-electron chi connectivity index (χ2n) is 8.48. The van der Waals surface area contributed by atoms with Crippen LogP contribution >= 0.6 is 0 Å². The quantitative estimate of drug-likeness (QED) is 0.670. The number of piperazine rings is 1. The number of carboxylic acid groups (broad SMARTS) is 2. The molecule has 180 valence electrons. The van der Waals surface area contributed by atoms with Crippen LogP contribution in [0.5, 0.6) is 0 Å². The number of aryl methyl sites for hydroxylation is 2. The van der Waals surface area contributed by atoms with E-state index in [9.17, 15) is 4.79 Å². The van der Waals surface area contributed by atoms with Crippen molar-refractivity contribution in [2.24, 2.45) is 0 Å². The van der Waals surface area contributed by atoms with Gasteiger partial charge in [0.15, 0.2) is 0 Å². The van der Waals surface area contributed by atoms with Crippen LogP contribution in [0.15, 0.2) is 48.5 Å². The van der Waals surface area contributed by atoms with Crippen LogP contribution in [0, 0.1) is 6.92 Å². The SMILES string of the molecule is Cc1cccc(N2CCN(CC=Cc3ccc4c(c3)CCC(=O)N4C)CC2)c1.O=C(O)C(=O)O. The van der Waals surface area contributed by atoms with E-state index in [0.717, 1.165) is 44.8 Å². The Balaban J connectivity index is 0.000000481. The molecule has 8 heteroatoms. The molecule has 2 aromatic rings. The average Bonchev–Trinajstić information content (AvgIpc) is 2.82. The van der Waals surface area contributed by atoms with Crippen molar-refractivity contribution in [3.63, 3.8) is 0 Å². The van der Waals surface area contributed by atoms with Crippen molar-refractivity contribution in [3.8, 4) is 0 Å². The number of carboxylic acids is 2. The van der Waals surface area contributed by atoms with Crippen LogP contribution < -0.4 is 9.80 Å². The molecule has 2 aliphatic heterocycles. The minimum Gasteiger partial charge on any atom is -0.473 e. The fourth-order valence-corrected chi connectivity index (χ4v) is 4.13. The summed E-state index contributed by atoms with van der Waals surface area (Å²) in [7, 11) is 1.87. The predicted molar refractivity (Wildman–Crippen MR) is 132 cm³/mol. The van der Waals surface area contributed by atoms with E-state index in [1.165, 1.54) is 22.4 Å². The molecule has 0 unspecified atom stereocenters. The number of aliphatic carboxylic acids is 2. The summed E-state index contributed by atoms with van der Waals surface area (Å²) in [6, 6.07) is 15.2. The van der Waals surface area contributed by atoms with Crippen molar-refractivity contribution in [2.75, 3.05) is 49.6 Å². The van der Waals surface area contributed by atoms with Crippen LogP contribution in [0.1, 0.15) is 23.1 Å². The van der Waals surface area contributed by atoms with Gasteiger partial charge in [-0.1, -0.05) is 30.4 Å². The van der Waals surface area contributed by atoms with E-state index in [4.69, 9.17) is 19.8 Å². The van der Waals surface area contributed by atoms with E-state index in [1.807, 2.05) is 7.05 Å². The van der Waals surface area contributed by atoms with Gasteiger partial charge in [-0.2, -0.15) is 0 Å². The number of hydrogen-bond acceptors (Lipinski definition) is 5. The molecular formula is C26H31N3O5. The van der Waals surface area contributed by atoms with E-state index >= 15 is 0 Å². The van der Waals surface area contributed by atoms with Gasteiger partial charge >= 0.3 is 11.9 Å². The Hall–Kier alpha value is -3.65. The molecule has 0 saturated carbocycles. The topological polar surface area (TPSA) is 101 Å². The number of carbonyl (C=O) groups is 3. The highest BCUT2D eigenvalue weighted by Crippen LogP contribution is 2.28. The minimum atomic E-state index is -1.82. The molecule has 0 bridgehead atoms. The van der Waals surface area contributed by atoms with Crippen LogP contribution in [0.25, 0.3) is 6.08 Å². The number of fused-ring (bicyclic) bond motifs is 1. The summed E-state index contributed by atoms with van der Waals surface area (Å²) in [4.78, 5) is 36.8. The zero-order valence-corrected chi connectivity index (χ0v) is 19.6. The Morgan fingerprint density at radius 2 is 1.68 bits per heavy atom. The zero-order chi connectivity index (χ0) is 24.7. The van der Waals surface area contributed by atoms with Crippen LogP contribution in [-0.4, -0.2) is 72.7 Å². The summed E-state index contributed by atoms with van der Waals surface area (Å²) < 4.78 is 0. The summed E-state index contributed by atoms with van der Waals surface area (Å²) >= 11 is 0. The summed E-state index contributed by atoms with van der Waals surface area (Å²) in [5, 5.41) is 14.8. The van der Waals surface area contributed by atoms with Gasteiger partial charge in [0.25, 0.3) is 0 Å². The maximum Gasteiger partial charge on any atom is 0.414 e. The van der Waals surface area contributed by atoms with Crippen molar-refractivity contribution in [3.05, 3.63) is 65.2 Å². The molecule has 1 fully saturated rings. The third kappa shape index (κ3) is 6.68. The first-order valence-electron chi connectivity index (χ1n) is 11.3. The van der Waals surface area contributed by atoms with Gasteiger partial charge in [-0.3, -0.25) is 9.69 Å². The maximum absolute atomic E-state index is 11.8. The van der Waals surface area contributed by atoms with Crippen molar-refractivity contribution < 1.29 is 24.6 Å². The van der Waals surface area contributed by atoms with Gasteiger partial charge in [-0.15, -0.1) is 0 Å². The van der Waals surface area contributed by atoms with Gasteiger partial charge < -0.3 is 20.0 Å². The van der Waals surface area contributed by atoms with E-state index in [0.29, 0.717) is 6.42 Å². The third-order valence-corrected chi connectivity index (χ3v) is 6.04. The Morgan fingerprint density at radius 1 is 0.971 bits per heavy atom. The summed E-state index contributed by atoms with van der Waals surface area (Å²) in [5.74, 6) is -3.44. The average molecular weight is 466 g/mol. The number of nitrogens with zero attached hydrogens (tertiary/aromatic N) is 3. The highest BCUT2D eigenvalue weighted by molar-refractivity contribution is 6.27. The molecule has 0 aromatic heterocycles. The highest BCUT2D eigenvalue weighted by atomic mass is 16.4. The number of amides is 1. The largest absolute Gasteiger partial charge is 0.473 e. The monoisotopic (exact) mass is 465 g/mol. The standard InChI is InChI=1S/C24H29N3O.C2H2O4/c1-19-5-3-7-22(17-19)27-15-13-26(14-16-27)12-4-6-20-8-10-23-21(18-20)9-11-24(28)25(23)2;3-1(4)2(5)6/h3-8,10,17-18H,9,11-16H2,1-2H3;(H,3,4)(H,5,6). The molecule has 34 heavy (non-hydrogen) atoms. The van der Waals surface area contributed by atoms with Gasteiger partial charge in [0, 0.05) is 57.6 Å². The predicted octanol–water partition coefficient (Wildman–Crippen LogP) is 2.90. The van der Waals surface area contributed by atoms with E-state index in [-0.39, 0.29) is 5.91 Å². The Labute approximate surface area is 199 Å². The highest BCUT2D eigenvalue weighted by Gasteiger charge is 2.20. The van der Waals surface area contributed by atoms with Crippen molar-refractivity contribution in [1.82, 2.24) is 4.90 Å². The molecule has 2 aliphatic rings. The summed E-state index contributed by atoms with van der Waals surface area (Å²) in [5.41, 5.74) is 6.22. The molecule has 2 aromatic carbocycles. The second-order valence-corrected chi connectivity index (χ2v) is 8.48. The summed E-state index contributed by atoms with van der Waals surface area (Å²) in [6.07, 6.45) is 5.94. The lowest BCUT2D eigenvalue weighted by atomic mass is 9.99. The van der Waals surface area contributed by atoms with Gasteiger partial charge in [-0.25, -0.2) is 9.59 Å². The van der Waals surface area contributed by atoms with Gasteiger partial charge in [-0.05, 0) is 54.3 Å². The number of hydrogen-bond donors (Lipinski definition) is 2. The number of rotatable bonds is 4. The molecule has 1 saturated heterocycles. The fraction of sp³-hybridized carbons (Fsp3) is 0.346. The smallest absolute Gasteiger partial charge is 0.414 e. The lowest BCUT2D eigenvalue weighted by Gasteiger charge is -2.35. The molecule has 0 spiro atoms. The molecule has 0 aliphatic carbocycles. The first kappa shape index (κ1) is 25.0. The molecule has 4 rings (SSSR count). The van der Waals surface area contributed by atoms with Gasteiger partial charge in [0.05, 0.1) is 0 Å². The van der Waals surface area contributed by atoms with Crippen LogP contribution in [0.4, 0.5) is 11.4 Å². The van der Waals surface area contributed by atoms with Gasteiger partial charge in [0.1, 0.15) is 0 Å². The number of benzene rings is 2. The second kappa shape index (κ2) is 11.5. The molecule has 2 N–H and O–H groups in total. The number of anilines is 2. The number of carbonyl (C=O) groups excluding carboxylic acids is 1. The maximum atomic E-state index is 11.8. The molecule has 0 radical (unpaired) electrons. The molecular weight excluding hydrogens is 434 g/mol. The zero-order valence-electron chi connectivity index (χ0n) is 19.6. The minimum absolute atomic E-state index is 0.209. The molecule has 1 amide bonds. The Morgan fingerprint density at radius 3 is 2.32 bits per heavy atom. The van der Waals surface area contributed by atoms with Crippen LogP contribution in [0.3, 0.4) is 0 Å². The van der Waals surface area contributed by atoms with E-state index < -0.39 is 11.9 Å². The van der Waals surface area contributed by atoms with Crippen molar-refractivity contribution in [1.29, 1.82) is 0 Å². The van der Waals surface area contributed by atoms with Crippen molar-refractivity contribution >= 4 is 35.3 Å². The van der Waals surface area contributed by atoms with Crippen molar-refractivity contribution in [2.45, 2.75) is 19.8 Å². The van der Waals surface area contributed by atoms with Crippen LogP contribution in [-0.2, 0) is 20.8 Å². The third-order valence-electron chi connectivity index (χ3n) is 6.04. The fourth-order valence-electron chi connectivity index (χ4n) is 4.13. The van der Waals surface area contributed by atoms with Gasteiger partial charge in [0.2, 0.25) is 5.91 Å². The molecule has 0 atom stereocenters.